The van der Waals surface area contributed by atoms with E-state index in [-0.39, 0.29) is 5.56 Å². The number of benzene rings is 2. The largest absolute Gasteiger partial charge is 0.360 e. The molecule has 120 valence electrons. The molecule has 0 saturated carbocycles. The van der Waals surface area contributed by atoms with Crippen molar-refractivity contribution in [1.29, 1.82) is 5.26 Å². The third kappa shape index (κ3) is 3.68. The molecule has 3 nitrogen and oxygen atoms in total. The molecule has 0 atom stereocenters. The Labute approximate surface area is 152 Å². The van der Waals surface area contributed by atoms with Gasteiger partial charge in [-0.05, 0) is 54.4 Å². The van der Waals surface area contributed by atoms with E-state index in [1.807, 2.05) is 12.1 Å². The van der Waals surface area contributed by atoms with Gasteiger partial charge in [0, 0.05) is 32.4 Å². The number of halogens is 3. The lowest BCUT2D eigenvalue weighted by Crippen LogP contribution is -1.91. The van der Waals surface area contributed by atoms with Gasteiger partial charge in [0.05, 0.1) is 17.3 Å². The standard InChI is InChI=1S/C17H10Cl2FN3S/c18-11-2-3-14(19)13(6-11)17-7-12(9-22-17)24-23-16-4-1-10(8-21)5-15(16)20/h1-7,9,22-23H. The first-order valence-corrected chi connectivity index (χ1v) is 8.40. The minimum atomic E-state index is -0.477. The minimum Gasteiger partial charge on any atom is -0.360 e. The normalized spacial score (nSPS) is 10.4. The third-order valence-electron chi connectivity index (χ3n) is 3.25. The molecule has 0 aliphatic heterocycles. The molecular formula is C17H10Cl2FN3S. The summed E-state index contributed by atoms with van der Waals surface area (Å²) >= 11 is 13.4. The summed E-state index contributed by atoms with van der Waals surface area (Å²) < 4.78 is 16.8. The summed E-state index contributed by atoms with van der Waals surface area (Å²) in [5.74, 6) is -0.477. The Kier molecular flexibility index (Phi) is 5.00. The summed E-state index contributed by atoms with van der Waals surface area (Å²) in [6.07, 6.45) is 1.78. The van der Waals surface area contributed by atoms with Gasteiger partial charge in [-0.2, -0.15) is 5.26 Å². The maximum absolute atomic E-state index is 13.8. The minimum absolute atomic E-state index is 0.280. The van der Waals surface area contributed by atoms with Crippen LogP contribution in [-0.4, -0.2) is 4.98 Å². The predicted molar refractivity (Wildman–Crippen MR) is 96.8 cm³/mol. The maximum atomic E-state index is 13.8. The lowest BCUT2D eigenvalue weighted by Gasteiger charge is -2.05. The van der Waals surface area contributed by atoms with Crippen LogP contribution in [0.5, 0.6) is 0 Å². The first-order chi connectivity index (χ1) is 11.6. The summed E-state index contributed by atoms with van der Waals surface area (Å²) in [5.41, 5.74) is 2.19. The zero-order chi connectivity index (χ0) is 17.1. The smallest absolute Gasteiger partial charge is 0.148 e. The van der Waals surface area contributed by atoms with E-state index in [1.165, 1.54) is 24.1 Å². The summed E-state index contributed by atoms with van der Waals surface area (Å²) in [4.78, 5) is 3.97. The number of hydrogen-bond donors (Lipinski definition) is 2. The van der Waals surface area contributed by atoms with Gasteiger partial charge in [0.15, 0.2) is 0 Å². The molecule has 0 saturated heterocycles. The van der Waals surface area contributed by atoms with Crippen molar-refractivity contribution in [3.8, 4) is 17.3 Å². The molecule has 2 N–H and O–H groups in total. The molecule has 0 spiro atoms. The van der Waals surface area contributed by atoms with Crippen molar-refractivity contribution in [2.45, 2.75) is 4.90 Å². The number of aromatic nitrogens is 1. The quantitative estimate of drug-likeness (QED) is 0.538. The molecule has 24 heavy (non-hydrogen) atoms. The van der Waals surface area contributed by atoms with Gasteiger partial charge in [-0.25, -0.2) is 4.39 Å². The number of anilines is 1. The Bertz CT molecular complexity index is 934. The predicted octanol–water partition coefficient (Wildman–Crippen LogP) is 6.12. The Hall–Kier alpha value is -2.13. The summed E-state index contributed by atoms with van der Waals surface area (Å²) in [5, 5.41) is 9.93. The lowest BCUT2D eigenvalue weighted by atomic mass is 10.1. The van der Waals surface area contributed by atoms with Gasteiger partial charge >= 0.3 is 0 Å². The number of nitrogens with zero attached hydrogens (tertiary/aromatic N) is 1. The van der Waals surface area contributed by atoms with Gasteiger partial charge < -0.3 is 9.71 Å². The Morgan fingerprint density at radius 3 is 2.71 bits per heavy atom. The van der Waals surface area contributed by atoms with E-state index >= 15 is 0 Å². The van der Waals surface area contributed by atoms with Gasteiger partial charge in [0.25, 0.3) is 0 Å². The number of nitriles is 1. The van der Waals surface area contributed by atoms with E-state index in [4.69, 9.17) is 28.5 Å². The van der Waals surface area contributed by atoms with Crippen LogP contribution in [-0.2, 0) is 0 Å². The van der Waals surface area contributed by atoms with E-state index in [1.54, 1.807) is 30.5 Å². The highest BCUT2D eigenvalue weighted by Crippen LogP contribution is 2.32. The van der Waals surface area contributed by atoms with Crippen LogP contribution in [0.3, 0.4) is 0 Å². The Morgan fingerprint density at radius 1 is 1.12 bits per heavy atom. The van der Waals surface area contributed by atoms with E-state index in [0.717, 1.165) is 16.2 Å². The van der Waals surface area contributed by atoms with Crippen LogP contribution in [0.1, 0.15) is 5.56 Å². The van der Waals surface area contributed by atoms with Crippen molar-refractivity contribution in [1.82, 2.24) is 4.98 Å². The molecule has 3 rings (SSSR count). The van der Waals surface area contributed by atoms with Crippen molar-refractivity contribution >= 4 is 40.8 Å². The topological polar surface area (TPSA) is 51.6 Å². The average molecular weight is 378 g/mol. The molecule has 0 bridgehead atoms. The van der Waals surface area contributed by atoms with Crippen molar-refractivity contribution in [2.75, 3.05) is 4.72 Å². The molecule has 3 aromatic rings. The second-order valence-electron chi connectivity index (χ2n) is 4.88. The number of hydrogen-bond acceptors (Lipinski definition) is 3. The summed E-state index contributed by atoms with van der Waals surface area (Å²) in [6, 6.07) is 13.3. The van der Waals surface area contributed by atoms with Crippen LogP contribution in [0.15, 0.2) is 53.6 Å². The van der Waals surface area contributed by atoms with Crippen molar-refractivity contribution in [3.05, 3.63) is 70.1 Å². The molecule has 0 aliphatic rings. The first-order valence-electron chi connectivity index (χ1n) is 6.83. The second-order valence-corrected chi connectivity index (χ2v) is 6.61. The summed E-state index contributed by atoms with van der Waals surface area (Å²) in [6.45, 7) is 0. The third-order valence-corrected chi connectivity index (χ3v) is 4.61. The van der Waals surface area contributed by atoms with E-state index < -0.39 is 5.82 Å². The molecule has 0 amide bonds. The number of rotatable bonds is 4. The number of aromatic amines is 1. The fraction of sp³-hybridized carbons (Fsp3) is 0. The molecule has 0 unspecified atom stereocenters. The van der Waals surface area contributed by atoms with Crippen molar-refractivity contribution < 1.29 is 4.39 Å². The van der Waals surface area contributed by atoms with Crippen molar-refractivity contribution in [3.63, 3.8) is 0 Å². The molecule has 0 fully saturated rings. The molecule has 7 heteroatoms. The van der Waals surface area contributed by atoms with Crippen molar-refractivity contribution in [2.24, 2.45) is 0 Å². The number of H-pyrrole nitrogens is 1. The molecular weight excluding hydrogens is 368 g/mol. The van der Waals surface area contributed by atoms with Crippen LogP contribution in [0.25, 0.3) is 11.3 Å². The molecule has 0 radical (unpaired) electrons. The van der Waals surface area contributed by atoms with Crippen LogP contribution in [0, 0.1) is 17.1 Å². The molecule has 2 aromatic carbocycles. The van der Waals surface area contributed by atoms with Gasteiger partial charge in [-0.15, -0.1) is 0 Å². The number of nitrogens with one attached hydrogen (secondary N) is 2. The molecule has 0 aliphatic carbocycles. The zero-order valence-electron chi connectivity index (χ0n) is 12.1. The van der Waals surface area contributed by atoms with Gasteiger partial charge in [0.1, 0.15) is 5.82 Å². The molecule has 1 aromatic heterocycles. The Balaban J connectivity index is 1.75. The van der Waals surface area contributed by atoms with E-state index in [9.17, 15) is 4.39 Å². The van der Waals surface area contributed by atoms with E-state index in [2.05, 4.69) is 9.71 Å². The fourth-order valence-electron chi connectivity index (χ4n) is 2.07. The highest BCUT2D eigenvalue weighted by Gasteiger charge is 2.09. The monoisotopic (exact) mass is 377 g/mol. The van der Waals surface area contributed by atoms with Crippen LogP contribution >= 0.6 is 35.1 Å². The van der Waals surface area contributed by atoms with Crippen LogP contribution in [0.2, 0.25) is 10.0 Å². The van der Waals surface area contributed by atoms with Gasteiger partial charge in [-0.1, -0.05) is 23.2 Å². The average Bonchev–Trinajstić information content (AvgIpc) is 3.04. The van der Waals surface area contributed by atoms with E-state index in [0.29, 0.717) is 15.7 Å². The second kappa shape index (κ2) is 7.18. The van der Waals surface area contributed by atoms with Gasteiger partial charge in [0.2, 0.25) is 0 Å². The fourth-order valence-corrected chi connectivity index (χ4v) is 3.15. The van der Waals surface area contributed by atoms with Gasteiger partial charge in [-0.3, -0.25) is 0 Å². The summed E-state index contributed by atoms with van der Waals surface area (Å²) in [7, 11) is 0. The maximum Gasteiger partial charge on any atom is 0.148 e. The SMILES string of the molecule is N#Cc1ccc(NSc2c[nH]c(-c3cc(Cl)ccc3Cl)c2)c(F)c1. The zero-order valence-corrected chi connectivity index (χ0v) is 14.4. The highest BCUT2D eigenvalue weighted by atomic mass is 35.5. The first kappa shape index (κ1) is 16.7. The van der Waals surface area contributed by atoms with Crippen LogP contribution in [0.4, 0.5) is 10.1 Å². The lowest BCUT2D eigenvalue weighted by molar-refractivity contribution is 0.632. The molecule has 1 heterocycles. The Morgan fingerprint density at radius 2 is 1.96 bits per heavy atom. The highest BCUT2D eigenvalue weighted by molar-refractivity contribution is 8.00. The van der Waals surface area contributed by atoms with Crippen LogP contribution < -0.4 is 4.72 Å².